The Morgan fingerprint density at radius 3 is 2.41 bits per heavy atom. The molecule has 1 amide bonds. The fraction of sp³-hybridized carbons (Fsp3) is 0.652. The molecule has 6 heteroatoms. The van der Waals surface area contributed by atoms with E-state index in [2.05, 4.69) is 72.5 Å². The molecule has 0 saturated carbocycles. The zero-order valence-electron chi connectivity index (χ0n) is 18.9. The fourth-order valence-corrected chi connectivity index (χ4v) is 3.95. The van der Waals surface area contributed by atoms with Crippen molar-refractivity contribution in [1.29, 1.82) is 0 Å². The van der Waals surface area contributed by atoms with Crippen LogP contribution in [0.15, 0.2) is 29.3 Å². The van der Waals surface area contributed by atoms with Gasteiger partial charge in [-0.3, -0.25) is 14.7 Å². The van der Waals surface area contributed by atoms with Crippen LogP contribution in [0.4, 0.5) is 0 Å². The zero-order chi connectivity index (χ0) is 21.2. The molecule has 0 saturated heterocycles. The van der Waals surface area contributed by atoms with Gasteiger partial charge in [0.25, 0.3) is 0 Å². The normalized spacial score (nSPS) is 14.5. The quantitative estimate of drug-likeness (QED) is 0.379. The Kier molecular flexibility index (Phi) is 9.45. The molecule has 2 rings (SSSR count). The van der Waals surface area contributed by atoms with Crippen LogP contribution in [0.2, 0.25) is 0 Å². The first-order valence-corrected chi connectivity index (χ1v) is 11.0. The Bertz CT molecular complexity index is 663. The molecular formula is C23H39N5O. The van der Waals surface area contributed by atoms with E-state index in [0.717, 1.165) is 51.5 Å². The lowest BCUT2D eigenvalue weighted by Gasteiger charge is -2.30. The third-order valence-corrected chi connectivity index (χ3v) is 5.56. The molecule has 0 radical (unpaired) electrons. The van der Waals surface area contributed by atoms with Crippen molar-refractivity contribution < 1.29 is 4.79 Å². The molecular weight excluding hydrogens is 362 g/mol. The minimum Gasteiger partial charge on any atom is -0.356 e. The van der Waals surface area contributed by atoms with Gasteiger partial charge in [0.2, 0.25) is 5.91 Å². The second kappa shape index (κ2) is 11.8. The van der Waals surface area contributed by atoms with Crippen LogP contribution in [-0.4, -0.2) is 67.0 Å². The van der Waals surface area contributed by atoms with E-state index >= 15 is 0 Å². The molecule has 0 bridgehead atoms. The Hall–Kier alpha value is -2.08. The highest BCUT2D eigenvalue weighted by molar-refractivity contribution is 5.80. The number of benzene rings is 1. The topological polar surface area (TPSA) is 60.0 Å². The van der Waals surface area contributed by atoms with Crippen molar-refractivity contribution in [2.75, 3.05) is 33.2 Å². The number of carbonyl (C=O) groups is 1. The summed E-state index contributed by atoms with van der Waals surface area (Å²) in [5.41, 5.74) is 2.66. The van der Waals surface area contributed by atoms with Crippen LogP contribution >= 0.6 is 0 Å². The molecule has 1 aromatic carbocycles. The highest BCUT2D eigenvalue weighted by Crippen LogP contribution is 2.19. The predicted octanol–water partition coefficient (Wildman–Crippen LogP) is 2.64. The third kappa shape index (κ3) is 7.35. The van der Waals surface area contributed by atoms with Gasteiger partial charge in [0.05, 0.1) is 0 Å². The Balaban J connectivity index is 1.65. The van der Waals surface area contributed by atoms with E-state index in [-0.39, 0.29) is 5.91 Å². The van der Waals surface area contributed by atoms with Crippen LogP contribution in [0.1, 0.15) is 51.7 Å². The lowest BCUT2D eigenvalue weighted by Crippen LogP contribution is -2.45. The number of hydrogen-bond donors (Lipinski definition) is 2. The van der Waals surface area contributed by atoms with Gasteiger partial charge in [-0.25, -0.2) is 0 Å². The molecule has 0 atom stereocenters. The summed E-state index contributed by atoms with van der Waals surface area (Å²) in [6.07, 6.45) is 2.34. The summed E-state index contributed by atoms with van der Waals surface area (Å²) in [5, 5.41) is 6.70. The minimum atomic E-state index is 0.244. The summed E-state index contributed by atoms with van der Waals surface area (Å²) in [5.74, 6) is 1.05. The number of fused-ring (bicyclic) bond motifs is 1. The van der Waals surface area contributed by atoms with Gasteiger partial charge in [-0.2, -0.15) is 0 Å². The van der Waals surface area contributed by atoms with E-state index in [9.17, 15) is 4.79 Å². The van der Waals surface area contributed by atoms with Crippen LogP contribution in [0.5, 0.6) is 0 Å². The van der Waals surface area contributed by atoms with Crippen LogP contribution in [-0.2, 0) is 17.8 Å². The first-order valence-electron chi connectivity index (χ1n) is 11.0. The fourth-order valence-electron chi connectivity index (χ4n) is 3.95. The van der Waals surface area contributed by atoms with Crippen molar-refractivity contribution in [1.82, 2.24) is 20.4 Å². The van der Waals surface area contributed by atoms with Crippen LogP contribution in [0, 0.1) is 0 Å². The molecule has 1 aliphatic heterocycles. The van der Waals surface area contributed by atoms with Crippen molar-refractivity contribution in [3.8, 4) is 0 Å². The Morgan fingerprint density at radius 2 is 1.76 bits per heavy atom. The number of nitrogens with one attached hydrogen (secondary N) is 2. The van der Waals surface area contributed by atoms with Gasteiger partial charge in [-0.05, 0) is 51.7 Å². The minimum absolute atomic E-state index is 0.244. The highest BCUT2D eigenvalue weighted by Gasteiger charge is 2.19. The molecule has 1 aliphatic rings. The predicted molar refractivity (Wildman–Crippen MR) is 121 cm³/mol. The second-order valence-corrected chi connectivity index (χ2v) is 8.29. The molecule has 0 unspecified atom stereocenters. The summed E-state index contributed by atoms with van der Waals surface area (Å²) in [7, 11) is 1.79. The SMILES string of the molecule is CN=C(NCCCC(=O)N1CCc2ccccc2C1)NCCN(C(C)C)C(C)C. The van der Waals surface area contributed by atoms with Crippen molar-refractivity contribution in [2.45, 2.75) is 65.6 Å². The maximum absolute atomic E-state index is 12.5. The smallest absolute Gasteiger partial charge is 0.222 e. The number of amides is 1. The third-order valence-electron chi connectivity index (χ3n) is 5.56. The first kappa shape index (κ1) is 23.2. The summed E-state index contributed by atoms with van der Waals surface area (Å²) in [6, 6.07) is 9.48. The molecule has 1 aromatic rings. The number of hydrogen-bond acceptors (Lipinski definition) is 3. The van der Waals surface area contributed by atoms with Crippen molar-refractivity contribution in [3.63, 3.8) is 0 Å². The van der Waals surface area contributed by atoms with Crippen LogP contribution in [0.25, 0.3) is 0 Å². The van der Waals surface area contributed by atoms with Crippen molar-refractivity contribution in [2.24, 2.45) is 4.99 Å². The summed E-state index contributed by atoms with van der Waals surface area (Å²) in [4.78, 5) is 21.3. The summed E-state index contributed by atoms with van der Waals surface area (Å²) >= 11 is 0. The van der Waals surface area contributed by atoms with Gasteiger partial charge in [0.15, 0.2) is 5.96 Å². The van der Waals surface area contributed by atoms with Gasteiger partial charge >= 0.3 is 0 Å². The lowest BCUT2D eigenvalue weighted by molar-refractivity contribution is -0.132. The zero-order valence-corrected chi connectivity index (χ0v) is 18.9. The first-order chi connectivity index (χ1) is 13.9. The Morgan fingerprint density at radius 1 is 1.10 bits per heavy atom. The van der Waals surface area contributed by atoms with Gasteiger partial charge in [-0.15, -0.1) is 0 Å². The highest BCUT2D eigenvalue weighted by atomic mass is 16.2. The van der Waals surface area contributed by atoms with Crippen molar-refractivity contribution in [3.05, 3.63) is 35.4 Å². The standard InChI is InChI=1S/C23H39N5O/c1-18(2)28(19(3)4)16-14-26-23(24-5)25-13-8-11-22(29)27-15-12-20-9-6-7-10-21(20)17-27/h6-7,9-10,18-19H,8,11-17H2,1-5H3,(H2,24,25,26). The van der Waals surface area contributed by atoms with Gasteiger partial charge in [-0.1, -0.05) is 24.3 Å². The van der Waals surface area contributed by atoms with E-state index in [0.29, 0.717) is 18.5 Å². The molecule has 0 aliphatic carbocycles. The average Bonchev–Trinajstić information content (AvgIpc) is 2.71. The second-order valence-electron chi connectivity index (χ2n) is 8.29. The van der Waals surface area contributed by atoms with E-state index in [1.54, 1.807) is 7.05 Å². The average molecular weight is 402 g/mol. The molecule has 1 heterocycles. The molecule has 0 fully saturated rings. The van der Waals surface area contributed by atoms with E-state index in [4.69, 9.17) is 0 Å². The molecule has 0 aromatic heterocycles. The van der Waals surface area contributed by atoms with E-state index in [1.165, 1.54) is 11.1 Å². The van der Waals surface area contributed by atoms with Gasteiger partial charge < -0.3 is 15.5 Å². The van der Waals surface area contributed by atoms with E-state index in [1.807, 2.05) is 4.90 Å². The number of nitrogens with zero attached hydrogens (tertiary/aromatic N) is 3. The summed E-state index contributed by atoms with van der Waals surface area (Å²) < 4.78 is 0. The summed E-state index contributed by atoms with van der Waals surface area (Å²) in [6.45, 7) is 13.1. The van der Waals surface area contributed by atoms with E-state index < -0.39 is 0 Å². The number of aliphatic imine (C=N–C) groups is 1. The number of carbonyl (C=O) groups excluding carboxylic acids is 1. The monoisotopic (exact) mass is 401 g/mol. The number of rotatable bonds is 9. The molecule has 29 heavy (non-hydrogen) atoms. The Labute approximate surface area is 176 Å². The molecule has 0 spiro atoms. The largest absolute Gasteiger partial charge is 0.356 e. The van der Waals surface area contributed by atoms with Crippen LogP contribution in [0.3, 0.4) is 0 Å². The van der Waals surface area contributed by atoms with Crippen molar-refractivity contribution >= 4 is 11.9 Å². The molecule has 6 nitrogen and oxygen atoms in total. The molecule has 162 valence electrons. The lowest BCUT2D eigenvalue weighted by atomic mass is 9.99. The van der Waals surface area contributed by atoms with Crippen LogP contribution < -0.4 is 10.6 Å². The number of guanidine groups is 1. The van der Waals surface area contributed by atoms with Gasteiger partial charge in [0, 0.05) is 58.3 Å². The maximum atomic E-state index is 12.5. The van der Waals surface area contributed by atoms with Gasteiger partial charge in [0.1, 0.15) is 0 Å². The maximum Gasteiger partial charge on any atom is 0.222 e. The molecule has 2 N–H and O–H groups in total.